The minimum Gasteiger partial charge on any atom is -0.497 e. The number of aromatic nitrogens is 2. The summed E-state index contributed by atoms with van der Waals surface area (Å²) in [5.41, 5.74) is 1.36. The summed E-state index contributed by atoms with van der Waals surface area (Å²) in [6.07, 6.45) is 1.59. The van der Waals surface area contributed by atoms with Crippen LogP contribution in [0.2, 0.25) is 0 Å². The fourth-order valence-electron chi connectivity index (χ4n) is 2.12. The molecule has 1 atom stereocenters. The number of amides is 1. The summed E-state index contributed by atoms with van der Waals surface area (Å²) >= 11 is 0. The molecule has 2 aromatic rings. The number of carbonyl (C=O) groups excluding carboxylic acids is 1. The lowest BCUT2D eigenvalue weighted by Gasteiger charge is -2.18. The van der Waals surface area contributed by atoms with Crippen LogP contribution in [0.5, 0.6) is 11.5 Å². The van der Waals surface area contributed by atoms with E-state index < -0.39 is 0 Å². The molecule has 21 heavy (non-hydrogen) atoms. The molecule has 0 saturated carbocycles. The SMILES string of the molecule is COc1ccc(OC)c([C@@H](C)NC(=O)c2ccnn2C)c1. The molecule has 1 heterocycles. The zero-order valence-electron chi connectivity index (χ0n) is 12.6. The number of nitrogens with one attached hydrogen (secondary N) is 1. The molecule has 0 radical (unpaired) electrons. The van der Waals surface area contributed by atoms with Gasteiger partial charge in [-0.25, -0.2) is 0 Å². The first-order valence-corrected chi connectivity index (χ1v) is 6.57. The lowest BCUT2D eigenvalue weighted by molar-refractivity contribution is 0.0930. The first-order valence-electron chi connectivity index (χ1n) is 6.57. The molecule has 0 bridgehead atoms. The monoisotopic (exact) mass is 289 g/mol. The maximum absolute atomic E-state index is 12.2. The number of aryl methyl sites for hydroxylation is 1. The Kier molecular flexibility index (Phi) is 4.47. The summed E-state index contributed by atoms with van der Waals surface area (Å²) in [4.78, 5) is 12.2. The highest BCUT2D eigenvalue weighted by atomic mass is 16.5. The largest absolute Gasteiger partial charge is 0.497 e. The average Bonchev–Trinajstić information content (AvgIpc) is 2.92. The number of ether oxygens (including phenoxy) is 2. The van der Waals surface area contributed by atoms with E-state index in [1.54, 1.807) is 33.5 Å². The minimum absolute atomic E-state index is 0.188. The predicted molar refractivity (Wildman–Crippen MR) is 78.6 cm³/mol. The van der Waals surface area contributed by atoms with Gasteiger partial charge in [0, 0.05) is 18.8 Å². The van der Waals surface area contributed by atoms with Gasteiger partial charge in [-0.3, -0.25) is 9.48 Å². The van der Waals surface area contributed by atoms with Gasteiger partial charge in [-0.05, 0) is 31.2 Å². The molecule has 6 heteroatoms. The van der Waals surface area contributed by atoms with E-state index in [-0.39, 0.29) is 11.9 Å². The Morgan fingerprint density at radius 2 is 2.05 bits per heavy atom. The molecule has 0 spiro atoms. The smallest absolute Gasteiger partial charge is 0.270 e. The lowest BCUT2D eigenvalue weighted by atomic mass is 10.1. The van der Waals surface area contributed by atoms with Gasteiger partial charge in [-0.2, -0.15) is 5.10 Å². The van der Waals surface area contributed by atoms with E-state index in [0.717, 1.165) is 5.56 Å². The maximum Gasteiger partial charge on any atom is 0.270 e. The molecule has 0 fully saturated rings. The van der Waals surface area contributed by atoms with Crippen molar-refractivity contribution in [1.29, 1.82) is 0 Å². The van der Waals surface area contributed by atoms with Crippen LogP contribution in [-0.4, -0.2) is 29.9 Å². The summed E-state index contributed by atoms with van der Waals surface area (Å²) in [6, 6.07) is 6.94. The quantitative estimate of drug-likeness (QED) is 0.913. The van der Waals surface area contributed by atoms with Crippen LogP contribution in [0.25, 0.3) is 0 Å². The third-order valence-electron chi connectivity index (χ3n) is 3.30. The number of nitrogens with zero attached hydrogens (tertiary/aromatic N) is 2. The van der Waals surface area contributed by atoms with Crippen molar-refractivity contribution in [3.63, 3.8) is 0 Å². The summed E-state index contributed by atoms with van der Waals surface area (Å²) in [5.74, 6) is 1.23. The summed E-state index contributed by atoms with van der Waals surface area (Å²) in [5, 5.41) is 6.92. The Balaban J connectivity index is 2.22. The molecule has 0 aliphatic rings. The van der Waals surface area contributed by atoms with Gasteiger partial charge in [-0.1, -0.05) is 0 Å². The number of hydrogen-bond donors (Lipinski definition) is 1. The van der Waals surface area contributed by atoms with Gasteiger partial charge < -0.3 is 14.8 Å². The number of rotatable bonds is 5. The standard InChI is InChI=1S/C15H19N3O3/c1-10(17-15(19)13-7-8-16-18(13)2)12-9-11(20-3)5-6-14(12)21-4/h5-10H,1-4H3,(H,17,19)/t10-/m1/s1. The second kappa shape index (κ2) is 6.30. The summed E-state index contributed by atoms with van der Waals surface area (Å²) in [6.45, 7) is 1.89. The lowest BCUT2D eigenvalue weighted by Crippen LogP contribution is -2.28. The number of benzene rings is 1. The van der Waals surface area contributed by atoms with Crippen LogP contribution < -0.4 is 14.8 Å². The van der Waals surface area contributed by atoms with Gasteiger partial charge >= 0.3 is 0 Å². The number of carbonyl (C=O) groups is 1. The van der Waals surface area contributed by atoms with Gasteiger partial charge in [0.05, 0.1) is 20.3 Å². The molecule has 0 aliphatic carbocycles. The van der Waals surface area contributed by atoms with E-state index in [9.17, 15) is 4.79 Å². The van der Waals surface area contributed by atoms with E-state index in [4.69, 9.17) is 9.47 Å². The Bertz CT molecular complexity index is 637. The van der Waals surface area contributed by atoms with E-state index in [0.29, 0.717) is 17.2 Å². The van der Waals surface area contributed by atoms with Gasteiger partial charge in [0.15, 0.2) is 0 Å². The Morgan fingerprint density at radius 3 is 2.62 bits per heavy atom. The molecule has 1 aromatic carbocycles. The number of methoxy groups -OCH3 is 2. The summed E-state index contributed by atoms with van der Waals surface area (Å²) < 4.78 is 12.1. The molecule has 0 aliphatic heterocycles. The second-order valence-electron chi connectivity index (χ2n) is 4.64. The van der Waals surface area contributed by atoms with E-state index >= 15 is 0 Å². The zero-order chi connectivity index (χ0) is 15.4. The van der Waals surface area contributed by atoms with Crippen molar-refractivity contribution in [3.05, 3.63) is 41.7 Å². The topological polar surface area (TPSA) is 65.4 Å². The molecule has 1 amide bonds. The molecule has 112 valence electrons. The first kappa shape index (κ1) is 14.9. The highest BCUT2D eigenvalue weighted by molar-refractivity contribution is 5.92. The van der Waals surface area contributed by atoms with Crippen LogP contribution in [0.4, 0.5) is 0 Å². The van der Waals surface area contributed by atoms with Crippen LogP contribution in [0, 0.1) is 0 Å². The van der Waals surface area contributed by atoms with Gasteiger partial charge in [-0.15, -0.1) is 0 Å². The van der Waals surface area contributed by atoms with Gasteiger partial charge in [0.2, 0.25) is 0 Å². The predicted octanol–water partition coefficient (Wildman–Crippen LogP) is 1.93. The van der Waals surface area contributed by atoms with E-state index in [2.05, 4.69) is 10.4 Å². The van der Waals surface area contributed by atoms with Crippen LogP contribution >= 0.6 is 0 Å². The Labute approximate surface area is 123 Å². The van der Waals surface area contributed by atoms with E-state index in [1.807, 2.05) is 25.1 Å². The highest BCUT2D eigenvalue weighted by Crippen LogP contribution is 2.29. The van der Waals surface area contributed by atoms with Gasteiger partial charge in [0.1, 0.15) is 17.2 Å². The normalized spacial score (nSPS) is 11.8. The zero-order valence-corrected chi connectivity index (χ0v) is 12.6. The van der Waals surface area contributed by atoms with Crippen molar-refractivity contribution in [2.45, 2.75) is 13.0 Å². The third kappa shape index (κ3) is 3.16. The van der Waals surface area contributed by atoms with Crippen molar-refractivity contribution in [1.82, 2.24) is 15.1 Å². The van der Waals surface area contributed by atoms with Crippen molar-refractivity contribution in [3.8, 4) is 11.5 Å². The fraction of sp³-hybridized carbons (Fsp3) is 0.333. The molecular formula is C15H19N3O3. The molecule has 0 saturated heterocycles. The number of hydrogen-bond acceptors (Lipinski definition) is 4. The first-order chi connectivity index (χ1) is 10.1. The molecule has 1 aromatic heterocycles. The van der Waals surface area contributed by atoms with Crippen LogP contribution in [0.1, 0.15) is 29.0 Å². The Morgan fingerprint density at radius 1 is 1.29 bits per heavy atom. The third-order valence-corrected chi connectivity index (χ3v) is 3.30. The van der Waals surface area contributed by atoms with Crippen molar-refractivity contribution in [2.24, 2.45) is 7.05 Å². The van der Waals surface area contributed by atoms with Gasteiger partial charge in [0.25, 0.3) is 5.91 Å². The van der Waals surface area contributed by atoms with Crippen molar-refractivity contribution < 1.29 is 14.3 Å². The van der Waals surface area contributed by atoms with Crippen molar-refractivity contribution >= 4 is 5.91 Å². The van der Waals surface area contributed by atoms with Crippen LogP contribution in [0.15, 0.2) is 30.5 Å². The van der Waals surface area contributed by atoms with Crippen LogP contribution in [0.3, 0.4) is 0 Å². The molecule has 6 nitrogen and oxygen atoms in total. The maximum atomic E-state index is 12.2. The molecule has 0 unspecified atom stereocenters. The van der Waals surface area contributed by atoms with Crippen LogP contribution in [-0.2, 0) is 7.05 Å². The molecular weight excluding hydrogens is 270 g/mol. The second-order valence-corrected chi connectivity index (χ2v) is 4.64. The van der Waals surface area contributed by atoms with Crippen molar-refractivity contribution in [2.75, 3.05) is 14.2 Å². The molecule has 2 rings (SSSR count). The fourth-order valence-corrected chi connectivity index (χ4v) is 2.12. The average molecular weight is 289 g/mol. The highest BCUT2D eigenvalue weighted by Gasteiger charge is 2.17. The minimum atomic E-state index is -0.225. The Hall–Kier alpha value is -2.50. The molecule has 1 N–H and O–H groups in total. The van der Waals surface area contributed by atoms with E-state index in [1.165, 1.54) is 4.68 Å². The summed E-state index contributed by atoms with van der Waals surface area (Å²) in [7, 11) is 4.93.